The Labute approximate surface area is 81.0 Å². The summed E-state index contributed by atoms with van der Waals surface area (Å²) in [5.41, 5.74) is 0. The quantitative estimate of drug-likeness (QED) is 0.395. The predicted molar refractivity (Wildman–Crippen MR) is 45.1 cm³/mol. The first-order chi connectivity index (χ1) is 6.55. The second-order valence-electron chi connectivity index (χ2n) is 3.10. The second kappa shape index (κ2) is 4.24. The van der Waals surface area contributed by atoms with Crippen molar-refractivity contribution in [2.45, 2.75) is 24.1 Å². The average molecular weight is 206 g/mol. The van der Waals surface area contributed by atoms with Gasteiger partial charge >= 0.3 is 0 Å². The SMILES string of the molecule is C=COC[C@]1(O)O[C@H](CO)[C@@H](O)[C@@H]1O. The highest BCUT2D eigenvalue weighted by Gasteiger charge is 2.53. The summed E-state index contributed by atoms with van der Waals surface area (Å²) in [7, 11) is 0. The summed E-state index contributed by atoms with van der Waals surface area (Å²) >= 11 is 0. The van der Waals surface area contributed by atoms with Gasteiger partial charge in [0.05, 0.1) is 12.9 Å². The Morgan fingerprint density at radius 3 is 2.57 bits per heavy atom. The lowest BCUT2D eigenvalue weighted by atomic mass is 10.1. The lowest BCUT2D eigenvalue weighted by molar-refractivity contribution is -0.248. The molecular formula is C8H14O6. The highest BCUT2D eigenvalue weighted by molar-refractivity contribution is 4.95. The minimum Gasteiger partial charge on any atom is -0.496 e. The highest BCUT2D eigenvalue weighted by Crippen LogP contribution is 2.29. The van der Waals surface area contributed by atoms with Gasteiger partial charge in [-0.1, -0.05) is 6.58 Å². The molecule has 4 atom stereocenters. The van der Waals surface area contributed by atoms with Crippen LogP contribution in [0.3, 0.4) is 0 Å². The Balaban J connectivity index is 2.66. The van der Waals surface area contributed by atoms with E-state index in [1.807, 2.05) is 0 Å². The van der Waals surface area contributed by atoms with Crippen molar-refractivity contribution in [3.05, 3.63) is 12.8 Å². The molecule has 0 aromatic rings. The van der Waals surface area contributed by atoms with Gasteiger partial charge in [-0.25, -0.2) is 0 Å². The van der Waals surface area contributed by atoms with Crippen LogP contribution in [0.2, 0.25) is 0 Å². The van der Waals surface area contributed by atoms with Crippen LogP contribution in [0.4, 0.5) is 0 Å². The van der Waals surface area contributed by atoms with Crippen molar-refractivity contribution in [1.29, 1.82) is 0 Å². The summed E-state index contributed by atoms with van der Waals surface area (Å²) < 4.78 is 9.53. The van der Waals surface area contributed by atoms with Gasteiger partial charge in [0.1, 0.15) is 24.9 Å². The Morgan fingerprint density at radius 1 is 1.50 bits per heavy atom. The van der Waals surface area contributed by atoms with Crippen molar-refractivity contribution in [2.75, 3.05) is 13.2 Å². The number of aliphatic hydroxyl groups excluding tert-OH is 3. The van der Waals surface area contributed by atoms with Gasteiger partial charge < -0.3 is 29.9 Å². The Kier molecular flexibility index (Phi) is 3.46. The molecule has 6 nitrogen and oxygen atoms in total. The minimum atomic E-state index is -2.00. The van der Waals surface area contributed by atoms with Crippen LogP contribution in [0.5, 0.6) is 0 Å². The van der Waals surface area contributed by atoms with Gasteiger partial charge in [0.15, 0.2) is 0 Å². The third-order valence-electron chi connectivity index (χ3n) is 2.11. The van der Waals surface area contributed by atoms with E-state index in [2.05, 4.69) is 11.3 Å². The van der Waals surface area contributed by atoms with Gasteiger partial charge in [0.25, 0.3) is 0 Å². The second-order valence-corrected chi connectivity index (χ2v) is 3.10. The van der Waals surface area contributed by atoms with Crippen molar-refractivity contribution in [3.8, 4) is 0 Å². The van der Waals surface area contributed by atoms with Crippen LogP contribution in [-0.2, 0) is 9.47 Å². The molecule has 1 aliphatic heterocycles. The number of aliphatic hydroxyl groups is 4. The molecular weight excluding hydrogens is 192 g/mol. The van der Waals surface area contributed by atoms with E-state index in [4.69, 9.17) is 9.84 Å². The van der Waals surface area contributed by atoms with Gasteiger partial charge in [-0.15, -0.1) is 0 Å². The van der Waals surface area contributed by atoms with Crippen molar-refractivity contribution >= 4 is 0 Å². The van der Waals surface area contributed by atoms with E-state index in [9.17, 15) is 15.3 Å². The van der Waals surface area contributed by atoms with Crippen LogP contribution < -0.4 is 0 Å². The van der Waals surface area contributed by atoms with E-state index in [-0.39, 0.29) is 6.61 Å². The average Bonchev–Trinajstić information content (AvgIpc) is 2.40. The van der Waals surface area contributed by atoms with Gasteiger partial charge in [-0.2, -0.15) is 0 Å². The van der Waals surface area contributed by atoms with Gasteiger partial charge in [0.2, 0.25) is 5.79 Å². The number of hydrogen-bond acceptors (Lipinski definition) is 6. The normalized spacial score (nSPS) is 42.4. The van der Waals surface area contributed by atoms with Crippen LogP contribution >= 0.6 is 0 Å². The van der Waals surface area contributed by atoms with Crippen LogP contribution in [-0.4, -0.2) is 57.7 Å². The summed E-state index contributed by atoms with van der Waals surface area (Å²) in [5, 5.41) is 37.1. The first kappa shape index (κ1) is 11.4. The molecule has 6 heteroatoms. The smallest absolute Gasteiger partial charge is 0.230 e. The zero-order chi connectivity index (χ0) is 10.8. The van der Waals surface area contributed by atoms with Crippen molar-refractivity contribution in [1.82, 2.24) is 0 Å². The van der Waals surface area contributed by atoms with E-state index in [1.165, 1.54) is 0 Å². The number of rotatable bonds is 4. The molecule has 1 saturated heterocycles. The number of hydrogen-bond donors (Lipinski definition) is 4. The first-order valence-electron chi connectivity index (χ1n) is 4.15. The fourth-order valence-corrected chi connectivity index (χ4v) is 1.31. The molecule has 0 unspecified atom stereocenters. The summed E-state index contributed by atoms with van der Waals surface area (Å²) in [4.78, 5) is 0. The Bertz CT molecular complexity index is 208. The molecule has 82 valence electrons. The molecule has 0 saturated carbocycles. The van der Waals surface area contributed by atoms with Crippen LogP contribution in [0.15, 0.2) is 12.8 Å². The van der Waals surface area contributed by atoms with Crippen molar-refractivity contribution in [2.24, 2.45) is 0 Å². The zero-order valence-electron chi connectivity index (χ0n) is 7.54. The largest absolute Gasteiger partial charge is 0.496 e. The molecule has 1 rings (SSSR count). The monoisotopic (exact) mass is 206 g/mol. The molecule has 0 spiro atoms. The molecule has 4 N–H and O–H groups in total. The zero-order valence-corrected chi connectivity index (χ0v) is 7.54. The van der Waals surface area contributed by atoms with E-state index in [0.29, 0.717) is 0 Å². The van der Waals surface area contributed by atoms with Crippen LogP contribution in [0, 0.1) is 0 Å². The van der Waals surface area contributed by atoms with E-state index in [1.54, 1.807) is 0 Å². The maximum Gasteiger partial charge on any atom is 0.230 e. The first-order valence-corrected chi connectivity index (χ1v) is 4.15. The van der Waals surface area contributed by atoms with Crippen LogP contribution in [0.25, 0.3) is 0 Å². The Morgan fingerprint density at radius 2 is 2.14 bits per heavy atom. The molecule has 1 heterocycles. The summed E-state index contributed by atoms with van der Waals surface area (Å²) in [6, 6.07) is 0. The van der Waals surface area contributed by atoms with Gasteiger partial charge in [0, 0.05) is 0 Å². The minimum absolute atomic E-state index is 0.356. The summed E-state index contributed by atoms with van der Waals surface area (Å²) in [5.74, 6) is -2.00. The maximum atomic E-state index is 9.65. The number of ether oxygens (including phenoxy) is 2. The van der Waals surface area contributed by atoms with E-state index < -0.39 is 30.7 Å². The van der Waals surface area contributed by atoms with Gasteiger partial charge in [-0.3, -0.25) is 0 Å². The highest BCUT2D eigenvalue weighted by atomic mass is 16.7. The summed E-state index contributed by atoms with van der Waals surface area (Å²) in [6.45, 7) is 2.41. The van der Waals surface area contributed by atoms with E-state index in [0.717, 1.165) is 6.26 Å². The Hall–Kier alpha value is -0.660. The molecule has 0 aromatic carbocycles. The topological polar surface area (TPSA) is 99.4 Å². The molecule has 0 bridgehead atoms. The fraction of sp³-hybridized carbons (Fsp3) is 0.750. The van der Waals surface area contributed by atoms with Crippen LogP contribution in [0.1, 0.15) is 0 Å². The maximum absolute atomic E-state index is 9.65. The third-order valence-corrected chi connectivity index (χ3v) is 2.11. The van der Waals surface area contributed by atoms with Gasteiger partial charge in [-0.05, 0) is 0 Å². The molecule has 0 aliphatic carbocycles. The van der Waals surface area contributed by atoms with Crippen molar-refractivity contribution in [3.63, 3.8) is 0 Å². The lowest BCUT2D eigenvalue weighted by Crippen LogP contribution is -2.46. The van der Waals surface area contributed by atoms with Crippen molar-refractivity contribution < 1.29 is 29.9 Å². The molecule has 0 radical (unpaired) electrons. The molecule has 1 fully saturated rings. The molecule has 14 heavy (non-hydrogen) atoms. The predicted octanol–water partition coefficient (Wildman–Crippen LogP) is -2.05. The fourth-order valence-electron chi connectivity index (χ4n) is 1.31. The van der Waals surface area contributed by atoms with E-state index >= 15 is 0 Å². The standard InChI is InChI=1S/C8H14O6/c1-2-13-4-8(12)7(11)6(10)5(3-9)14-8/h2,5-7,9-12H,1,3-4H2/t5-,6-,7+,8+/m1/s1. The lowest BCUT2D eigenvalue weighted by Gasteiger charge is -2.24. The molecule has 0 aromatic heterocycles. The molecule has 0 amide bonds. The third kappa shape index (κ3) is 1.89. The summed E-state index contributed by atoms with van der Waals surface area (Å²) in [6.07, 6.45) is -2.78. The molecule has 1 aliphatic rings.